The zero-order valence-corrected chi connectivity index (χ0v) is 18.8. The number of amidine groups is 1. The molecule has 1 aromatic carbocycles. The highest BCUT2D eigenvalue weighted by Crippen LogP contribution is 2.36. The van der Waals surface area contributed by atoms with Crippen LogP contribution in [-0.2, 0) is 10.0 Å². The van der Waals surface area contributed by atoms with E-state index in [9.17, 15) is 17.2 Å². The summed E-state index contributed by atoms with van der Waals surface area (Å²) in [6.45, 7) is 2.50. The van der Waals surface area contributed by atoms with Crippen molar-refractivity contribution in [2.45, 2.75) is 37.8 Å². The number of piperidine rings is 1. The van der Waals surface area contributed by atoms with Gasteiger partial charge in [0.1, 0.15) is 23.3 Å². The minimum Gasteiger partial charge on any atom is -0.349 e. The molecule has 4 heterocycles. The maximum Gasteiger partial charge on any atom is 0.211 e. The van der Waals surface area contributed by atoms with Crippen LogP contribution in [0.2, 0.25) is 0 Å². The highest BCUT2D eigenvalue weighted by atomic mass is 32.2. The first kappa shape index (κ1) is 21.5. The van der Waals surface area contributed by atoms with Crippen LogP contribution < -0.4 is 0 Å². The first-order valence-electron chi connectivity index (χ1n) is 11.0. The first-order valence-corrected chi connectivity index (χ1v) is 12.9. The largest absolute Gasteiger partial charge is 0.349 e. The fourth-order valence-electron chi connectivity index (χ4n) is 5.13. The van der Waals surface area contributed by atoms with Crippen molar-refractivity contribution in [3.63, 3.8) is 0 Å². The number of fused-ring (bicyclic) bond motifs is 1. The van der Waals surface area contributed by atoms with Crippen LogP contribution in [0, 0.1) is 11.6 Å². The molecule has 1 atom stereocenters. The molecule has 2 saturated heterocycles. The molecule has 0 aromatic heterocycles. The third-order valence-corrected chi connectivity index (χ3v) is 8.05. The summed E-state index contributed by atoms with van der Waals surface area (Å²) in [5, 5.41) is 4.25. The van der Waals surface area contributed by atoms with Gasteiger partial charge in [-0.2, -0.15) is 0 Å². The molecule has 4 aliphatic heterocycles. The van der Waals surface area contributed by atoms with Crippen LogP contribution in [0.4, 0.5) is 8.78 Å². The van der Waals surface area contributed by atoms with Gasteiger partial charge < -0.3 is 4.90 Å². The summed E-state index contributed by atoms with van der Waals surface area (Å²) in [6, 6.07) is 3.63. The van der Waals surface area contributed by atoms with Gasteiger partial charge in [-0.1, -0.05) is 0 Å². The second-order valence-electron chi connectivity index (χ2n) is 8.73. The van der Waals surface area contributed by atoms with Gasteiger partial charge in [-0.15, -0.1) is 0 Å². The van der Waals surface area contributed by atoms with Crippen LogP contribution in [0.1, 0.15) is 37.3 Å². The normalized spacial score (nSPS) is 25.3. The lowest BCUT2D eigenvalue weighted by atomic mass is 10.0. The van der Waals surface area contributed by atoms with E-state index in [0.717, 1.165) is 50.0 Å². The third-order valence-electron chi connectivity index (χ3n) is 6.74. The lowest BCUT2D eigenvalue weighted by Crippen LogP contribution is -2.49. The Hall–Kier alpha value is -2.30. The summed E-state index contributed by atoms with van der Waals surface area (Å²) in [5.41, 5.74) is 0.376. The highest BCUT2D eigenvalue weighted by Gasteiger charge is 2.36. The lowest BCUT2D eigenvalue weighted by Gasteiger charge is -2.40. The number of hydrogen-bond acceptors (Lipinski definition) is 6. The molecule has 10 heteroatoms. The van der Waals surface area contributed by atoms with E-state index in [1.54, 1.807) is 0 Å². The van der Waals surface area contributed by atoms with Crippen molar-refractivity contribution in [3.8, 4) is 0 Å². The Morgan fingerprint density at radius 3 is 2.62 bits per heavy atom. The number of rotatable bonds is 3. The van der Waals surface area contributed by atoms with Crippen LogP contribution >= 0.6 is 0 Å². The predicted molar refractivity (Wildman–Crippen MR) is 118 cm³/mol. The summed E-state index contributed by atoms with van der Waals surface area (Å²) < 4.78 is 53.3. The summed E-state index contributed by atoms with van der Waals surface area (Å²) in [7, 11) is -3.15. The van der Waals surface area contributed by atoms with Crippen LogP contribution in [-0.4, -0.2) is 72.0 Å². The Morgan fingerprint density at radius 2 is 1.88 bits per heavy atom. The number of hydrazine groups is 1. The molecule has 0 amide bonds. The Bertz CT molecular complexity index is 1100. The van der Waals surface area contributed by atoms with Crippen molar-refractivity contribution >= 4 is 15.9 Å². The fraction of sp³-hybridized carbons (Fsp3) is 0.500. The van der Waals surface area contributed by atoms with Gasteiger partial charge >= 0.3 is 0 Å². The van der Waals surface area contributed by atoms with E-state index in [2.05, 4.69) is 16.0 Å². The van der Waals surface area contributed by atoms with Crippen molar-refractivity contribution in [3.05, 3.63) is 59.6 Å². The first-order chi connectivity index (χ1) is 15.3. The van der Waals surface area contributed by atoms with E-state index < -0.39 is 21.7 Å². The zero-order chi connectivity index (χ0) is 22.5. The smallest absolute Gasteiger partial charge is 0.211 e. The molecule has 1 aromatic rings. The Balaban J connectivity index is 1.29. The van der Waals surface area contributed by atoms with Gasteiger partial charge in [0.25, 0.3) is 0 Å². The van der Waals surface area contributed by atoms with Gasteiger partial charge in [-0.3, -0.25) is 5.01 Å². The van der Waals surface area contributed by atoms with Gasteiger partial charge in [0.2, 0.25) is 10.0 Å². The van der Waals surface area contributed by atoms with Crippen molar-refractivity contribution in [1.29, 1.82) is 0 Å². The maximum atomic E-state index is 14.4. The molecular formula is C22H27F2N5O2S. The van der Waals surface area contributed by atoms with E-state index in [-0.39, 0.29) is 12.1 Å². The number of aliphatic imine (C=N–C) groups is 1. The molecule has 2 fully saturated rings. The van der Waals surface area contributed by atoms with Gasteiger partial charge in [0.15, 0.2) is 0 Å². The third kappa shape index (κ3) is 3.95. The second kappa shape index (κ2) is 8.24. The molecule has 4 aliphatic rings. The van der Waals surface area contributed by atoms with Crippen molar-refractivity contribution in [2.75, 3.05) is 32.4 Å². The van der Waals surface area contributed by atoms with Crippen molar-refractivity contribution in [2.24, 2.45) is 4.99 Å². The van der Waals surface area contributed by atoms with E-state index in [1.807, 2.05) is 17.3 Å². The molecule has 0 radical (unpaired) electrons. The molecule has 32 heavy (non-hydrogen) atoms. The van der Waals surface area contributed by atoms with Gasteiger partial charge in [-0.05, 0) is 56.0 Å². The highest BCUT2D eigenvalue weighted by molar-refractivity contribution is 7.88. The number of halogens is 2. The molecule has 0 aliphatic carbocycles. The van der Waals surface area contributed by atoms with Crippen LogP contribution in [0.5, 0.6) is 0 Å². The number of hydrogen-bond donors (Lipinski definition) is 0. The Morgan fingerprint density at radius 1 is 1.09 bits per heavy atom. The van der Waals surface area contributed by atoms with Gasteiger partial charge in [0, 0.05) is 44.0 Å². The van der Waals surface area contributed by atoms with Crippen molar-refractivity contribution < 1.29 is 17.2 Å². The van der Waals surface area contributed by atoms with Gasteiger partial charge in [-0.25, -0.2) is 31.5 Å². The fourth-order valence-corrected chi connectivity index (χ4v) is 6.00. The number of nitrogens with zero attached hydrogens (tertiary/aromatic N) is 5. The molecule has 5 rings (SSSR count). The average Bonchev–Trinajstić information content (AvgIpc) is 3.41. The van der Waals surface area contributed by atoms with E-state index in [4.69, 9.17) is 4.99 Å². The molecule has 0 spiro atoms. The SMILES string of the molecule is CS(=O)(=O)N1CCC(N2CC=C3N=C(N4CCC[C@@H]4c4cc(F)ccc4F)C=CN32)CC1. The summed E-state index contributed by atoms with van der Waals surface area (Å²) in [5.74, 6) is 0.749. The quantitative estimate of drug-likeness (QED) is 0.690. The van der Waals surface area contributed by atoms with E-state index in [0.29, 0.717) is 25.2 Å². The van der Waals surface area contributed by atoms with Crippen molar-refractivity contribution in [1.82, 2.24) is 19.2 Å². The topological polar surface area (TPSA) is 59.5 Å². The monoisotopic (exact) mass is 463 g/mol. The second-order valence-corrected chi connectivity index (χ2v) is 10.7. The number of sulfonamides is 1. The summed E-state index contributed by atoms with van der Waals surface area (Å²) in [4.78, 5) is 6.89. The molecular weight excluding hydrogens is 436 g/mol. The number of likely N-dealkylation sites (tertiary alicyclic amines) is 1. The predicted octanol–water partition coefficient (Wildman–Crippen LogP) is 2.83. The number of benzene rings is 1. The molecule has 0 N–H and O–H groups in total. The van der Waals surface area contributed by atoms with E-state index in [1.165, 1.54) is 22.7 Å². The Kier molecular flexibility index (Phi) is 5.55. The van der Waals surface area contributed by atoms with E-state index >= 15 is 0 Å². The zero-order valence-electron chi connectivity index (χ0n) is 18.0. The molecule has 0 saturated carbocycles. The summed E-state index contributed by atoms with van der Waals surface area (Å²) >= 11 is 0. The molecule has 0 unspecified atom stereocenters. The maximum absolute atomic E-state index is 14.4. The molecule has 0 bridgehead atoms. The van der Waals surface area contributed by atoms with Gasteiger partial charge in [0.05, 0.1) is 12.3 Å². The van der Waals surface area contributed by atoms with Crippen LogP contribution in [0.15, 0.2) is 47.4 Å². The Labute approximate surface area is 187 Å². The summed E-state index contributed by atoms with van der Waals surface area (Å²) in [6.07, 6.45) is 10.4. The minimum atomic E-state index is -3.15. The molecule has 172 valence electrons. The average molecular weight is 464 g/mol. The van der Waals surface area contributed by atoms with Crippen LogP contribution in [0.25, 0.3) is 0 Å². The standard InChI is InChI=1S/C22H27F2N5O2S/c1-32(30,31)26-11-6-17(7-12-26)28-13-9-22-25-21(8-14-29(22)28)27-10-2-3-20(27)18-15-16(23)4-5-19(18)24/h4-5,8-9,14-15,17,20H,2-3,6-7,10-13H2,1H3/t20-/m1/s1. The van der Waals surface area contributed by atoms with Crippen LogP contribution in [0.3, 0.4) is 0 Å². The lowest BCUT2D eigenvalue weighted by molar-refractivity contribution is 0.0147. The molecule has 7 nitrogen and oxygen atoms in total. The minimum absolute atomic E-state index is 0.237.